The first-order valence-corrected chi connectivity index (χ1v) is 8.44. The molecule has 0 spiro atoms. The van der Waals surface area contributed by atoms with Gasteiger partial charge < -0.3 is 10.6 Å². The molecule has 1 saturated heterocycles. The third-order valence-corrected chi connectivity index (χ3v) is 5.57. The SMILES string of the molecule is CC1(C)CCCN(C(=O)CC2(CN)CCCCC2)CC1. The average molecular weight is 280 g/mol. The summed E-state index contributed by atoms with van der Waals surface area (Å²) in [6.07, 6.45) is 10.3. The van der Waals surface area contributed by atoms with Crippen LogP contribution < -0.4 is 5.73 Å². The molecule has 0 aromatic heterocycles. The van der Waals surface area contributed by atoms with Crippen molar-refractivity contribution < 1.29 is 4.79 Å². The maximum absolute atomic E-state index is 12.7. The van der Waals surface area contributed by atoms with Crippen molar-refractivity contribution in [3.8, 4) is 0 Å². The topological polar surface area (TPSA) is 46.3 Å². The molecule has 116 valence electrons. The Hall–Kier alpha value is -0.570. The molecule has 3 heteroatoms. The molecule has 1 amide bonds. The van der Waals surface area contributed by atoms with E-state index in [2.05, 4.69) is 18.7 Å². The lowest BCUT2D eigenvalue weighted by atomic mass is 9.71. The third-order valence-electron chi connectivity index (χ3n) is 5.57. The first-order chi connectivity index (χ1) is 9.46. The van der Waals surface area contributed by atoms with Gasteiger partial charge >= 0.3 is 0 Å². The van der Waals surface area contributed by atoms with Crippen LogP contribution in [-0.4, -0.2) is 30.4 Å². The van der Waals surface area contributed by atoms with E-state index in [9.17, 15) is 4.79 Å². The van der Waals surface area contributed by atoms with Gasteiger partial charge in [-0.1, -0.05) is 33.1 Å². The molecule has 2 fully saturated rings. The predicted octanol–water partition coefficient (Wildman–Crippen LogP) is 3.32. The van der Waals surface area contributed by atoms with Crippen molar-refractivity contribution in [2.45, 2.75) is 71.6 Å². The highest BCUT2D eigenvalue weighted by atomic mass is 16.2. The van der Waals surface area contributed by atoms with Gasteiger partial charge in [0.25, 0.3) is 0 Å². The highest BCUT2D eigenvalue weighted by Gasteiger charge is 2.35. The van der Waals surface area contributed by atoms with E-state index < -0.39 is 0 Å². The Morgan fingerprint density at radius 2 is 1.70 bits per heavy atom. The Morgan fingerprint density at radius 1 is 1.00 bits per heavy atom. The molecule has 0 aromatic rings. The lowest BCUT2D eigenvalue weighted by Gasteiger charge is -2.37. The van der Waals surface area contributed by atoms with E-state index in [0.717, 1.165) is 38.8 Å². The van der Waals surface area contributed by atoms with Gasteiger partial charge in [0, 0.05) is 19.5 Å². The summed E-state index contributed by atoms with van der Waals surface area (Å²) in [5.41, 5.74) is 6.52. The Kier molecular flexibility index (Phi) is 5.11. The van der Waals surface area contributed by atoms with Crippen molar-refractivity contribution in [2.24, 2.45) is 16.6 Å². The van der Waals surface area contributed by atoms with E-state index in [1.54, 1.807) is 0 Å². The molecule has 1 aliphatic carbocycles. The van der Waals surface area contributed by atoms with E-state index in [0.29, 0.717) is 24.3 Å². The number of hydrogen-bond acceptors (Lipinski definition) is 2. The zero-order valence-corrected chi connectivity index (χ0v) is 13.4. The van der Waals surface area contributed by atoms with E-state index in [-0.39, 0.29) is 5.41 Å². The largest absolute Gasteiger partial charge is 0.343 e. The van der Waals surface area contributed by atoms with Crippen LogP contribution in [0.3, 0.4) is 0 Å². The number of carbonyl (C=O) groups excluding carboxylic acids is 1. The van der Waals surface area contributed by atoms with Crippen LogP contribution in [0.5, 0.6) is 0 Å². The van der Waals surface area contributed by atoms with E-state index in [1.165, 1.54) is 25.7 Å². The Balaban J connectivity index is 1.93. The van der Waals surface area contributed by atoms with Crippen LogP contribution in [0, 0.1) is 10.8 Å². The van der Waals surface area contributed by atoms with Gasteiger partial charge in [0.2, 0.25) is 5.91 Å². The number of rotatable bonds is 3. The molecule has 0 atom stereocenters. The maximum Gasteiger partial charge on any atom is 0.223 e. The maximum atomic E-state index is 12.7. The van der Waals surface area contributed by atoms with Gasteiger partial charge in [-0.25, -0.2) is 0 Å². The van der Waals surface area contributed by atoms with Gasteiger partial charge in [-0.15, -0.1) is 0 Å². The van der Waals surface area contributed by atoms with Crippen molar-refractivity contribution >= 4 is 5.91 Å². The molecule has 2 rings (SSSR count). The quantitative estimate of drug-likeness (QED) is 0.862. The molecule has 2 N–H and O–H groups in total. The number of hydrogen-bond donors (Lipinski definition) is 1. The smallest absolute Gasteiger partial charge is 0.223 e. The predicted molar refractivity (Wildman–Crippen MR) is 83.4 cm³/mol. The number of nitrogens with two attached hydrogens (primary N) is 1. The first kappa shape index (κ1) is 15.8. The van der Waals surface area contributed by atoms with E-state index in [4.69, 9.17) is 5.73 Å². The van der Waals surface area contributed by atoms with Crippen LogP contribution in [0.15, 0.2) is 0 Å². The van der Waals surface area contributed by atoms with Crippen molar-refractivity contribution in [3.05, 3.63) is 0 Å². The fraction of sp³-hybridized carbons (Fsp3) is 0.941. The molecule has 1 saturated carbocycles. The van der Waals surface area contributed by atoms with Crippen LogP contribution >= 0.6 is 0 Å². The number of likely N-dealkylation sites (tertiary alicyclic amines) is 1. The second-order valence-electron chi connectivity index (χ2n) is 7.84. The summed E-state index contributed by atoms with van der Waals surface area (Å²) in [5, 5.41) is 0. The Bertz CT molecular complexity index is 332. The molecular formula is C17H32N2O. The lowest BCUT2D eigenvalue weighted by Crippen LogP contribution is -2.41. The normalized spacial score (nSPS) is 26.1. The molecule has 1 aliphatic heterocycles. The van der Waals surface area contributed by atoms with Gasteiger partial charge in [0.05, 0.1) is 0 Å². The highest BCUT2D eigenvalue weighted by Crippen LogP contribution is 2.39. The second kappa shape index (κ2) is 6.46. The highest BCUT2D eigenvalue weighted by molar-refractivity contribution is 5.77. The Labute approximate surface area is 124 Å². The first-order valence-electron chi connectivity index (χ1n) is 8.44. The van der Waals surface area contributed by atoms with Gasteiger partial charge in [-0.2, -0.15) is 0 Å². The van der Waals surface area contributed by atoms with Crippen molar-refractivity contribution in [2.75, 3.05) is 19.6 Å². The minimum absolute atomic E-state index is 0.108. The Morgan fingerprint density at radius 3 is 2.35 bits per heavy atom. The number of carbonyl (C=O) groups is 1. The van der Waals surface area contributed by atoms with Gasteiger partial charge in [-0.3, -0.25) is 4.79 Å². The van der Waals surface area contributed by atoms with E-state index >= 15 is 0 Å². The zero-order valence-electron chi connectivity index (χ0n) is 13.4. The average Bonchev–Trinajstić information content (AvgIpc) is 2.61. The third kappa shape index (κ3) is 3.97. The minimum atomic E-state index is 0.108. The number of amides is 1. The molecule has 0 unspecified atom stereocenters. The summed E-state index contributed by atoms with van der Waals surface area (Å²) in [5.74, 6) is 0.357. The molecule has 1 heterocycles. The summed E-state index contributed by atoms with van der Waals surface area (Å²) in [7, 11) is 0. The van der Waals surface area contributed by atoms with Crippen LogP contribution in [0.25, 0.3) is 0 Å². The lowest BCUT2D eigenvalue weighted by molar-refractivity contribution is -0.134. The second-order valence-corrected chi connectivity index (χ2v) is 7.84. The van der Waals surface area contributed by atoms with Crippen LogP contribution in [0.2, 0.25) is 0 Å². The van der Waals surface area contributed by atoms with Gasteiger partial charge in [0.15, 0.2) is 0 Å². The summed E-state index contributed by atoms with van der Waals surface area (Å²) in [4.78, 5) is 14.8. The summed E-state index contributed by atoms with van der Waals surface area (Å²) < 4.78 is 0. The fourth-order valence-corrected chi connectivity index (χ4v) is 3.86. The van der Waals surface area contributed by atoms with Crippen LogP contribution in [0.1, 0.15) is 71.6 Å². The zero-order chi connectivity index (χ0) is 14.6. The standard InChI is InChI=1S/C17H32N2O/c1-16(2)7-6-11-19(12-10-16)15(20)13-17(14-18)8-4-3-5-9-17/h3-14,18H2,1-2H3. The van der Waals surface area contributed by atoms with Gasteiger partial charge in [-0.05, 0) is 49.5 Å². The summed E-state index contributed by atoms with van der Waals surface area (Å²) in [6, 6.07) is 0. The monoisotopic (exact) mass is 280 g/mol. The molecule has 0 aromatic carbocycles. The molecule has 0 radical (unpaired) electrons. The molecule has 2 aliphatic rings. The fourth-order valence-electron chi connectivity index (χ4n) is 3.86. The minimum Gasteiger partial charge on any atom is -0.343 e. The number of nitrogens with zero attached hydrogens (tertiary/aromatic N) is 1. The van der Waals surface area contributed by atoms with Crippen LogP contribution in [0.4, 0.5) is 0 Å². The molecule has 3 nitrogen and oxygen atoms in total. The molecular weight excluding hydrogens is 248 g/mol. The molecule has 20 heavy (non-hydrogen) atoms. The van der Waals surface area contributed by atoms with Crippen molar-refractivity contribution in [1.82, 2.24) is 4.90 Å². The van der Waals surface area contributed by atoms with Gasteiger partial charge in [0.1, 0.15) is 0 Å². The van der Waals surface area contributed by atoms with Crippen LogP contribution in [-0.2, 0) is 4.79 Å². The van der Waals surface area contributed by atoms with E-state index in [1.807, 2.05) is 0 Å². The van der Waals surface area contributed by atoms with Crippen molar-refractivity contribution in [3.63, 3.8) is 0 Å². The van der Waals surface area contributed by atoms with Crippen molar-refractivity contribution in [1.29, 1.82) is 0 Å². The summed E-state index contributed by atoms with van der Waals surface area (Å²) in [6.45, 7) is 7.21. The molecule has 0 bridgehead atoms. The summed E-state index contributed by atoms with van der Waals surface area (Å²) >= 11 is 0.